The SMILES string of the molecule is CCC(C)C(NC(=O)C(CCSC)NC(=O)C(C)NC(=O)C(N)CS)C(=O)O. The maximum atomic E-state index is 12.6. The molecular formula is C17H32N4O5S2. The van der Waals surface area contributed by atoms with Crippen molar-refractivity contribution in [3.63, 3.8) is 0 Å². The molecule has 0 aliphatic rings. The molecule has 0 radical (unpaired) electrons. The highest BCUT2D eigenvalue weighted by molar-refractivity contribution is 7.98. The van der Waals surface area contributed by atoms with Crippen molar-refractivity contribution in [3.8, 4) is 0 Å². The van der Waals surface area contributed by atoms with E-state index < -0.39 is 47.9 Å². The number of nitrogens with two attached hydrogens (primary N) is 1. The van der Waals surface area contributed by atoms with Crippen LogP contribution in [0.15, 0.2) is 0 Å². The van der Waals surface area contributed by atoms with E-state index in [-0.39, 0.29) is 11.7 Å². The molecule has 3 amide bonds. The summed E-state index contributed by atoms with van der Waals surface area (Å²) in [5.74, 6) is -2.32. The fourth-order valence-electron chi connectivity index (χ4n) is 2.21. The van der Waals surface area contributed by atoms with Gasteiger partial charge >= 0.3 is 5.97 Å². The van der Waals surface area contributed by atoms with Crippen molar-refractivity contribution in [2.75, 3.05) is 17.8 Å². The monoisotopic (exact) mass is 436 g/mol. The van der Waals surface area contributed by atoms with Crippen LogP contribution in [0, 0.1) is 5.92 Å². The highest BCUT2D eigenvalue weighted by Crippen LogP contribution is 2.09. The van der Waals surface area contributed by atoms with E-state index in [1.807, 2.05) is 13.2 Å². The van der Waals surface area contributed by atoms with Crippen LogP contribution in [0.4, 0.5) is 0 Å². The molecule has 0 rings (SSSR count). The molecule has 0 spiro atoms. The van der Waals surface area contributed by atoms with E-state index in [9.17, 15) is 24.3 Å². The Morgan fingerprint density at radius 1 is 1.07 bits per heavy atom. The van der Waals surface area contributed by atoms with Crippen LogP contribution in [0.2, 0.25) is 0 Å². The van der Waals surface area contributed by atoms with Crippen LogP contribution in [-0.2, 0) is 19.2 Å². The zero-order valence-corrected chi connectivity index (χ0v) is 18.4. The molecule has 0 aliphatic carbocycles. The number of hydrogen-bond donors (Lipinski definition) is 6. The maximum absolute atomic E-state index is 12.6. The fraction of sp³-hybridized carbons (Fsp3) is 0.765. The molecule has 28 heavy (non-hydrogen) atoms. The first-order valence-electron chi connectivity index (χ1n) is 9.08. The molecule has 0 saturated carbocycles. The average molecular weight is 437 g/mol. The summed E-state index contributed by atoms with van der Waals surface area (Å²) in [4.78, 5) is 48.2. The number of amides is 3. The molecule has 6 N–H and O–H groups in total. The summed E-state index contributed by atoms with van der Waals surface area (Å²) in [6.07, 6.45) is 2.76. The molecule has 0 aliphatic heterocycles. The van der Waals surface area contributed by atoms with Crippen molar-refractivity contribution in [1.82, 2.24) is 16.0 Å². The highest BCUT2D eigenvalue weighted by Gasteiger charge is 2.30. The van der Waals surface area contributed by atoms with Gasteiger partial charge in [-0.15, -0.1) is 0 Å². The predicted octanol–water partition coefficient (Wildman–Crippen LogP) is -0.398. The van der Waals surface area contributed by atoms with E-state index in [1.54, 1.807) is 6.92 Å². The minimum absolute atomic E-state index is 0.130. The summed E-state index contributed by atoms with van der Waals surface area (Å²) in [6, 6.07) is -3.71. The zero-order chi connectivity index (χ0) is 21.9. The zero-order valence-electron chi connectivity index (χ0n) is 16.7. The third-order valence-corrected chi connectivity index (χ3v) is 5.34. The van der Waals surface area contributed by atoms with E-state index in [2.05, 4.69) is 28.6 Å². The third-order valence-electron chi connectivity index (χ3n) is 4.31. The number of thiol groups is 1. The predicted molar refractivity (Wildman–Crippen MR) is 113 cm³/mol. The van der Waals surface area contributed by atoms with Gasteiger partial charge in [-0.05, 0) is 31.3 Å². The maximum Gasteiger partial charge on any atom is 0.326 e. The quantitative estimate of drug-likeness (QED) is 0.215. The van der Waals surface area contributed by atoms with Crippen molar-refractivity contribution in [3.05, 3.63) is 0 Å². The van der Waals surface area contributed by atoms with Gasteiger partial charge in [-0.3, -0.25) is 14.4 Å². The van der Waals surface area contributed by atoms with E-state index in [1.165, 1.54) is 18.7 Å². The molecule has 11 heteroatoms. The number of carbonyl (C=O) groups excluding carboxylic acids is 3. The summed E-state index contributed by atoms with van der Waals surface area (Å²) >= 11 is 5.43. The van der Waals surface area contributed by atoms with Crippen molar-refractivity contribution in [1.29, 1.82) is 0 Å². The first-order chi connectivity index (χ1) is 13.1. The van der Waals surface area contributed by atoms with Gasteiger partial charge in [0.05, 0.1) is 6.04 Å². The number of aliphatic carboxylic acids is 1. The fourth-order valence-corrected chi connectivity index (χ4v) is 2.84. The Kier molecular flexibility index (Phi) is 13.0. The summed E-state index contributed by atoms with van der Waals surface area (Å²) in [5, 5.41) is 16.9. The molecular weight excluding hydrogens is 404 g/mol. The third kappa shape index (κ3) is 9.16. The molecule has 0 saturated heterocycles. The largest absolute Gasteiger partial charge is 0.480 e. The number of thioether (sulfide) groups is 1. The van der Waals surface area contributed by atoms with Crippen LogP contribution in [0.1, 0.15) is 33.6 Å². The number of carbonyl (C=O) groups is 4. The van der Waals surface area contributed by atoms with Gasteiger partial charge in [0.2, 0.25) is 17.7 Å². The summed E-state index contributed by atoms with van der Waals surface area (Å²) < 4.78 is 0. The number of carboxylic acid groups (broad SMARTS) is 1. The van der Waals surface area contributed by atoms with E-state index in [0.717, 1.165) is 0 Å². The second-order valence-corrected chi connectivity index (χ2v) is 7.92. The highest BCUT2D eigenvalue weighted by atomic mass is 32.2. The van der Waals surface area contributed by atoms with Gasteiger partial charge in [-0.2, -0.15) is 24.4 Å². The van der Waals surface area contributed by atoms with E-state index >= 15 is 0 Å². The minimum Gasteiger partial charge on any atom is -0.480 e. The summed E-state index contributed by atoms with van der Waals surface area (Å²) in [5.41, 5.74) is 5.56. The van der Waals surface area contributed by atoms with Gasteiger partial charge in [0.1, 0.15) is 18.1 Å². The van der Waals surface area contributed by atoms with Crippen LogP contribution < -0.4 is 21.7 Å². The van der Waals surface area contributed by atoms with Gasteiger partial charge in [0.25, 0.3) is 0 Å². The molecule has 0 aromatic heterocycles. The first kappa shape index (κ1) is 26.5. The van der Waals surface area contributed by atoms with Crippen molar-refractivity contribution in [2.24, 2.45) is 11.7 Å². The number of carboxylic acids is 1. The second-order valence-electron chi connectivity index (χ2n) is 6.57. The summed E-state index contributed by atoms with van der Waals surface area (Å²) in [6.45, 7) is 5.04. The topological polar surface area (TPSA) is 151 Å². The van der Waals surface area contributed by atoms with Crippen molar-refractivity contribution < 1.29 is 24.3 Å². The van der Waals surface area contributed by atoms with Gasteiger partial charge in [0.15, 0.2) is 0 Å². The van der Waals surface area contributed by atoms with E-state index in [4.69, 9.17) is 5.73 Å². The Morgan fingerprint density at radius 2 is 1.68 bits per heavy atom. The lowest BCUT2D eigenvalue weighted by molar-refractivity contribution is -0.143. The Hall–Kier alpha value is -1.46. The van der Waals surface area contributed by atoms with Crippen LogP contribution in [0.5, 0.6) is 0 Å². The lowest BCUT2D eigenvalue weighted by Crippen LogP contribution is -2.57. The number of rotatable bonds is 13. The Labute approximate surface area is 175 Å². The summed E-state index contributed by atoms with van der Waals surface area (Å²) in [7, 11) is 0. The van der Waals surface area contributed by atoms with Crippen molar-refractivity contribution in [2.45, 2.75) is 57.8 Å². The molecule has 0 bridgehead atoms. The average Bonchev–Trinajstić information content (AvgIpc) is 2.66. The van der Waals surface area contributed by atoms with Crippen LogP contribution >= 0.6 is 24.4 Å². The smallest absolute Gasteiger partial charge is 0.326 e. The molecule has 9 nitrogen and oxygen atoms in total. The van der Waals surface area contributed by atoms with Crippen LogP contribution in [0.3, 0.4) is 0 Å². The number of nitrogens with one attached hydrogen (secondary N) is 3. The Morgan fingerprint density at radius 3 is 2.14 bits per heavy atom. The van der Waals surface area contributed by atoms with Gasteiger partial charge in [-0.1, -0.05) is 20.3 Å². The number of hydrogen-bond acceptors (Lipinski definition) is 7. The molecule has 0 fully saturated rings. The van der Waals surface area contributed by atoms with Crippen LogP contribution in [-0.4, -0.2) is 70.7 Å². The molecule has 0 aromatic carbocycles. The Bertz CT molecular complexity index is 550. The molecule has 5 atom stereocenters. The lowest BCUT2D eigenvalue weighted by Gasteiger charge is -2.25. The van der Waals surface area contributed by atoms with E-state index in [0.29, 0.717) is 18.6 Å². The standard InChI is InChI=1S/C17H32N4O5S2/c1-5-9(2)13(17(25)26)21-16(24)12(6-7-28-4)20-14(22)10(3)19-15(23)11(18)8-27/h9-13,27H,5-8,18H2,1-4H3,(H,19,23)(H,20,22)(H,21,24)(H,25,26). The molecule has 0 aromatic rings. The first-order valence-corrected chi connectivity index (χ1v) is 11.1. The molecule has 5 unspecified atom stereocenters. The van der Waals surface area contributed by atoms with Crippen molar-refractivity contribution >= 4 is 48.1 Å². The lowest BCUT2D eigenvalue weighted by atomic mass is 9.98. The van der Waals surface area contributed by atoms with Gasteiger partial charge in [0, 0.05) is 5.75 Å². The second kappa shape index (κ2) is 13.7. The minimum atomic E-state index is -1.13. The van der Waals surface area contributed by atoms with Gasteiger partial charge in [-0.25, -0.2) is 4.79 Å². The molecule has 162 valence electrons. The molecule has 0 heterocycles. The van der Waals surface area contributed by atoms with Gasteiger partial charge < -0.3 is 26.8 Å². The van der Waals surface area contributed by atoms with Crippen LogP contribution in [0.25, 0.3) is 0 Å². The Balaban J connectivity index is 5.09. The normalized spacial score (nSPS) is 16.2.